The minimum atomic E-state index is -1.51. The molecule has 24 heavy (non-hydrogen) atoms. The smallest absolute Gasteiger partial charge is 0.336 e. The fourth-order valence-electron chi connectivity index (χ4n) is 2.00. The van der Waals surface area contributed by atoms with Crippen LogP contribution in [0.2, 0.25) is 0 Å². The number of carboxylic acid groups (broad SMARTS) is 1. The molecule has 0 spiro atoms. The van der Waals surface area contributed by atoms with Gasteiger partial charge in [-0.1, -0.05) is 6.07 Å². The Morgan fingerprint density at radius 2 is 1.71 bits per heavy atom. The van der Waals surface area contributed by atoms with Gasteiger partial charge in [-0.3, -0.25) is 20.2 Å². The summed E-state index contributed by atoms with van der Waals surface area (Å²) < 4.78 is 5.01. The standard InChI is InChI=1S/C14H11N3O7/c1-24-10-4-2-3-9(7-10)15-13-11(16(20)21)5-8(14(18)19)6-12(13)17(22)23/h2-7,15H,1H3,(H,18,19). The number of hydrogen-bond acceptors (Lipinski definition) is 7. The number of benzene rings is 2. The fraction of sp³-hybridized carbons (Fsp3) is 0.0714. The molecule has 10 heteroatoms. The van der Waals surface area contributed by atoms with E-state index in [0.717, 1.165) is 12.1 Å². The van der Waals surface area contributed by atoms with Gasteiger partial charge < -0.3 is 15.2 Å². The van der Waals surface area contributed by atoms with Gasteiger partial charge in [0.25, 0.3) is 0 Å². The number of aromatic carboxylic acids is 1. The van der Waals surface area contributed by atoms with Gasteiger partial charge in [0, 0.05) is 23.9 Å². The van der Waals surface area contributed by atoms with Crippen molar-refractivity contribution in [2.75, 3.05) is 12.4 Å². The third-order valence-electron chi connectivity index (χ3n) is 3.08. The zero-order chi connectivity index (χ0) is 17.9. The molecule has 0 atom stereocenters. The van der Waals surface area contributed by atoms with Gasteiger partial charge >= 0.3 is 17.3 Å². The van der Waals surface area contributed by atoms with E-state index in [4.69, 9.17) is 9.84 Å². The van der Waals surface area contributed by atoms with Crippen molar-refractivity contribution in [3.63, 3.8) is 0 Å². The number of ether oxygens (including phenoxy) is 1. The number of nitro benzene ring substituents is 2. The summed E-state index contributed by atoms with van der Waals surface area (Å²) in [6, 6.07) is 7.75. The highest BCUT2D eigenvalue weighted by molar-refractivity contribution is 5.93. The highest BCUT2D eigenvalue weighted by Crippen LogP contribution is 2.38. The highest BCUT2D eigenvalue weighted by Gasteiger charge is 2.28. The molecule has 0 aliphatic heterocycles. The van der Waals surface area contributed by atoms with Crippen molar-refractivity contribution in [3.05, 3.63) is 62.2 Å². The molecular formula is C14H11N3O7. The van der Waals surface area contributed by atoms with Gasteiger partial charge in [0.05, 0.1) is 22.5 Å². The molecule has 0 aliphatic rings. The lowest BCUT2D eigenvalue weighted by Crippen LogP contribution is -2.06. The van der Waals surface area contributed by atoms with Gasteiger partial charge in [-0.05, 0) is 12.1 Å². The van der Waals surface area contributed by atoms with Gasteiger partial charge in [-0.25, -0.2) is 4.79 Å². The van der Waals surface area contributed by atoms with Crippen molar-refractivity contribution in [1.29, 1.82) is 0 Å². The van der Waals surface area contributed by atoms with Crippen LogP contribution in [0.25, 0.3) is 0 Å². The van der Waals surface area contributed by atoms with E-state index >= 15 is 0 Å². The average molecular weight is 333 g/mol. The van der Waals surface area contributed by atoms with Crippen molar-refractivity contribution >= 4 is 28.7 Å². The monoisotopic (exact) mass is 333 g/mol. The van der Waals surface area contributed by atoms with Crippen LogP contribution in [0.4, 0.5) is 22.7 Å². The fourth-order valence-corrected chi connectivity index (χ4v) is 2.00. The van der Waals surface area contributed by atoms with Crippen LogP contribution in [0.15, 0.2) is 36.4 Å². The van der Waals surface area contributed by atoms with E-state index < -0.39 is 38.4 Å². The minimum absolute atomic E-state index is 0.309. The summed E-state index contributed by atoms with van der Waals surface area (Å²) in [6.45, 7) is 0. The van der Waals surface area contributed by atoms with Crippen LogP contribution >= 0.6 is 0 Å². The highest BCUT2D eigenvalue weighted by atomic mass is 16.6. The molecule has 2 aromatic carbocycles. The quantitative estimate of drug-likeness (QED) is 0.606. The molecule has 2 rings (SSSR count). The summed E-state index contributed by atoms with van der Waals surface area (Å²) >= 11 is 0. The number of nitrogens with one attached hydrogen (secondary N) is 1. The Hall–Kier alpha value is -3.69. The summed E-state index contributed by atoms with van der Waals surface area (Å²) in [4.78, 5) is 31.7. The van der Waals surface area contributed by atoms with E-state index in [0.29, 0.717) is 11.4 Å². The number of carbonyl (C=O) groups is 1. The molecule has 0 radical (unpaired) electrons. The molecule has 10 nitrogen and oxygen atoms in total. The van der Waals surface area contributed by atoms with Crippen LogP contribution in [0.3, 0.4) is 0 Å². The maximum absolute atomic E-state index is 11.2. The Morgan fingerprint density at radius 3 is 2.17 bits per heavy atom. The summed E-state index contributed by atoms with van der Waals surface area (Å²) in [5.74, 6) is -1.07. The number of rotatable bonds is 6. The van der Waals surface area contributed by atoms with Crippen LogP contribution in [0.1, 0.15) is 10.4 Å². The van der Waals surface area contributed by atoms with Gasteiger partial charge in [0.15, 0.2) is 5.69 Å². The van der Waals surface area contributed by atoms with Crippen LogP contribution in [-0.2, 0) is 0 Å². The predicted molar refractivity (Wildman–Crippen MR) is 83.0 cm³/mol. The molecule has 2 aromatic rings. The average Bonchev–Trinajstić information content (AvgIpc) is 2.54. The zero-order valence-electron chi connectivity index (χ0n) is 12.3. The molecule has 0 unspecified atom stereocenters. The number of anilines is 2. The third-order valence-corrected chi connectivity index (χ3v) is 3.08. The molecule has 0 saturated heterocycles. The van der Waals surface area contributed by atoms with Crippen LogP contribution in [-0.4, -0.2) is 28.0 Å². The van der Waals surface area contributed by atoms with Crippen molar-refractivity contribution < 1.29 is 24.5 Å². The van der Waals surface area contributed by atoms with E-state index in [1.807, 2.05) is 0 Å². The van der Waals surface area contributed by atoms with Crippen molar-refractivity contribution in [1.82, 2.24) is 0 Å². The second-order valence-electron chi connectivity index (χ2n) is 4.57. The number of nitro groups is 2. The summed E-state index contributed by atoms with van der Waals surface area (Å²) in [5, 5.41) is 34.0. The first-order valence-electron chi connectivity index (χ1n) is 6.44. The van der Waals surface area contributed by atoms with Crippen molar-refractivity contribution in [2.24, 2.45) is 0 Å². The molecular weight excluding hydrogens is 322 g/mol. The minimum Gasteiger partial charge on any atom is -0.497 e. The van der Waals surface area contributed by atoms with Gasteiger partial charge in [-0.2, -0.15) is 0 Å². The molecule has 0 heterocycles. The van der Waals surface area contributed by atoms with E-state index in [1.54, 1.807) is 12.1 Å². The first-order chi connectivity index (χ1) is 11.3. The Balaban J connectivity index is 2.63. The Labute approximate surface area is 134 Å². The topological polar surface area (TPSA) is 145 Å². The first-order valence-corrected chi connectivity index (χ1v) is 6.44. The molecule has 0 saturated carbocycles. The second kappa shape index (κ2) is 6.60. The third kappa shape index (κ3) is 3.38. The summed E-state index contributed by atoms with van der Waals surface area (Å²) in [5.41, 5.74) is -2.09. The zero-order valence-corrected chi connectivity index (χ0v) is 12.3. The number of carboxylic acids is 1. The van der Waals surface area contributed by atoms with E-state index in [9.17, 15) is 25.0 Å². The van der Waals surface area contributed by atoms with Crippen LogP contribution in [0.5, 0.6) is 5.75 Å². The van der Waals surface area contributed by atoms with E-state index in [2.05, 4.69) is 5.32 Å². The largest absolute Gasteiger partial charge is 0.497 e. The second-order valence-corrected chi connectivity index (χ2v) is 4.57. The number of nitrogens with zero attached hydrogens (tertiary/aromatic N) is 2. The molecule has 0 fully saturated rings. The Bertz CT molecular complexity index is 800. The lowest BCUT2D eigenvalue weighted by atomic mass is 10.1. The van der Waals surface area contributed by atoms with Crippen molar-refractivity contribution in [2.45, 2.75) is 0 Å². The molecule has 2 N–H and O–H groups in total. The SMILES string of the molecule is COc1cccc(Nc2c([N+](=O)[O-])cc(C(=O)O)cc2[N+](=O)[O-])c1. The molecule has 0 aliphatic carbocycles. The van der Waals surface area contributed by atoms with Gasteiger partial charge in [0.1, 0.15) is 5.75 Å². The first kappa shape index (κ1) is 16.7. The van der Waals surface area contributed by atoms with Gasteiger partial charge in [0.2, 0.25) is 0 Å². The predicted octanol–water partition coefficient (Wildman–Crippen LogP) is 2.95. The Morgan fingerprint density at radius 1 is 1.12 bits per heavy atom. The molecule has 0 aromatic heterocycles. The number of hydrogen-bond donors (Lipinski definition) is 2. The molecule has 0 amide bonds. The van der Waals surface area contributed by atoms with Crippen LogP contribution < -0.4 is 10.1 Å². The molecule has 0 bridgehead atoms. The van der Waals surface area contributed by atoms with E-state index in [-0.39, 0.29) is 0 Å². The lowest BCUT2D eigenvalue weighted by Gasteiger charge is -2.10. The molecule has 124 valence electrons. The van der Waals surface area contributed by atoms with Crippen LogP contribution in [0, 0.1) is 20.2 Å². The maximum atomic E-state index is 11.2. The Kier molecular flexibility index (Phi) is 4.59. The summed E-state index contributed by atoms with van der Waals surface area (Å²) in [6.07, 6.45) is 0. The normalized spacial score (nSPS) is 10.0. The van der Waals surface area contributed by atoms with E-state index in [1.165, 1.54) is 19.2 Å². The number of methoxy groups -OCH3 is 1. The van der Waals surface area contributed by atoms with Gasteiger partial charge in [-0.15, -0.1) is 0 Å². The lowest BCUT2D eigenvalue weighted by molar-refractivity contribution is -0.392. The maximum Gasteiger partial charge on any atom is 0.336 e. The van der Waals surface area contributed by atoms with Crippen molar-refractivity contribution in [3.8, 4) is 5.75 Å². The summed E-state index contributed by atoms with van der Waals surface area (Å²) in [7, 11) is 1.42.